The molecular formula is C4HN5. The molecular weight excluding hydrogens is 118 g/mol. The average Bonchev–Trinajstić information content (AvgIpc) is 2.34. The zero-order chi connectivity index (χ0) is 6.69. The molecule has 0 aromatic rings. The van der Waals surface area contributed by atoms with Crippen LogP contribution in [0.5, 0.6) is 0 Å². The molecule has 1 atom stereocenters. The molecule has 0 N–H and O–H groups in total. The van der Waals surface area contributed by atoms with Crippen molar-refractivity contribution in [3.63, 3.8) is 0 Å². The van der Waals surface area contributed by atoms with Crippen LogP contribution in [0, 0.1) is 22.7 Å². The Hall–Kier alpha value is -1.75. The van der Waals surface area contributed by atoms with Crippen LogP contribution in [0.1, 0.15) is 0 Å². The first kappa shape index (κ1) is 5.39. The van der Waals surface area contributed by atoms with Gasteiger partial charge in [-0.05, 0) is 0 Å². The highest BCUT2D eigenvalue weighted by Gasteiger charge is 2.10. The van der Waals surface area contributed by atoms with Crippen molar-refractivity contribution in [2.75, 3.05) is 0 Å². The van der Waals surface area contributed by atoms with Gasteiger partial charge in [-0.25, -0.2) is 4.99 Å². The SMILES string of the molecule is N#CC1=NC(C#N)N=N1. The first-order valence-electron chi connectivity index (χ1n) is 2.15. The molecule has 0 amide bonds. The second-order valence-electron chi connectivity index (χ2n) is 1.28. The van der Waals surface area contributed by atoms with E-state index in [0.717, 1.165) is 0 Å². The summed E-state index contributed by atoms with van der Waals surface area (Å²) in [4.78, 5) is 3.49. The smallest absolute Gasteiger partial charge is 0.212 e. The van der Waals surface area contributed by atoms with Crippen LogP contribution in [0.25, 0.3) is 0 Å². The number of hydrogen-bond acceptors (Lipinski definition) is 5. The number of rotatable bonds is 0. The van der Waals surface area contributed by atoms with Crippen LogP contribution in [0.2, 0.25) is 0 Å². The Morgan fingerprint density at radius 1 is 1.44 bits per heavy atom. The van der Waals surface area contributed by atoms with Crippen molar-refractivity contribution < 1.29 is 0 Å². The third-order valence-corrected chi connectivity index (χ3v) is 0.722. The van der Waals surface area contributed by atoms with Gasteiger partial charge < -0.3 is 0 Å². The molecule has 0 aromatic carbocycles. The molecule has 1 aliphatic rings. The Labute approximate surface area is 51.0 Å². The summed E-state index contributed by atoms with van der Waals surface area (Å²) >= 11 is 0. The molecule has 1 heterocycles. The highest BCUT2D eigenvalue weighted by molar-refractivity contribution is 5.97. The van der Waals surface area contributed by atoms with E-state index in [4.69, 9.17) is 10.5 Å². The lowest BCUT2D eigenvalue weighted by Gasteiger charge is -1.78. The summed E-state index contributed by atoms with van der Waals surface area (Å²) in [5, 5.41) is 22.9. The van der Waals surface area contributed by atoms with Gasteiger partial charge in [-0.1, -0.05) is 0 Å². The van der Waals surface area contributed by atoms with Gasteiger partial charge in [0.15, 0.2) is 0 Å². The minimum atomic E-state index is -0.792. The molecule has 0 fully saturated rings. The van der Waals surface area contributed by atoms with Gasteiger partial charge in [0, 0.05) is 0 Å². The van der Waals surface area contributed by atoms with Gasteiger partial charge in [0.2, 0.25) is 6.17 Å². The molecule has 1 aliphatic heterocycles. The highest BCUT2D eigenvalue weighted by Crippen LogP contribution is 2.02. The minimum Gasteiger partial charge on any atom is -0.212 e. The molecule has 5 heteroatoms. The van der Waals surface area contributed by atoms with Crippen LogP contribution in [-0.4, -0.2) is 12.0 Å². The predicted octanol–water partition coefficient (Wildman–Crippen LogP) is 0.224. The molecule has 5 nitrogen and oxygen atoms in total. The lowest BCUT2D eigenvalue weighted by atomic mass is 10.6. The summed E-state index contributed by atoms with van der Waals surface area (Å²) in [7, 11) is 0. The first-order chi connectivity index (χ1) is 4.36. The Morgan fingerprint density at radius 3 is 2.56 bits per heavy atom. The summed E-state index contributed by atoms with van der Waals surface area (Å²) in [5.41, 5.74) is 0. The second-order valence-corrected chi connectivity index (χ2v) is 1.28. The number of azo groups is 1. The van der Waals surface area contributed by atoms with Gasteiger partial charge in [-0.2, -0.15) is 10.5 Å². The fourth-order valence-electron chi connectivity index (χ4n) is 0.383. The normalized spacial score (nSPS) is 22.4. The number of nitriles is 2. The van der Waals surface area contributed by atoms with Gasteiger partial charge in [0.1, 0.15) is 12.1 Å². The van der Waals surface area contributed by atoms with E-state index >= 15 is 0 Å². The Kier molecular flexibility index (Phi) is 1.21. The Morgan fingerprint density at radius 2 is 2.22 bits per heavy atom. The number of hydrogen-bond donors (Lipinski definition) is 0. The Balaban J connectivity index is 2.80. The van der Waals surface area contributed by atoms with Crippen LogP contribution >= 0.6 is 0 Å². The maximum atomic E-state index is 8.16. The van der Waals surface area contributed by atoms with Crippen molar-refractivity contribution in [1.82, 2.24) is 0 Å². The summed E-state index contributed by atoms with van der Waals surface area (Å²) in [6.07, 6.45) is -0.792. The molecule has 42 valence electrons. The Bertz CT molecular complexity index is 249. The number of aliphatic imine (C=N–C) groups is 1. The van der Waals surface area contributed by atoms with Crippen molar-refractivity contribution in [2.24, 2.45) is 15.2 Å². The van der Waals surface area contributed by atoms with E-state index in [1.54, 1.807) is 12.1 Å². The van der Waals surface area contributed by atoms with Crippen molar-refractivity contribution in [3.8, 4) is 12.1 Å². The predicted molar refractivity (Wildman–Crippen MR) is 27.3 cm³/mol. The lowest BCUT2D eigenvalue weighted by molar-refractivity contribution is 0.882. The lowest BCUT2D eigenvalue weighted by Crippen LogP contribution is -1.90. The van der Waals surface area contributed by atoms with Gasteiger partial charge in [-0.15, -0.1) is 10.2 Å². The molecule has 0 aliphatic carbocycles. The van der Waals surface area contributed by atoms with E-state index in [-0.39, 0.29) is 5.84 Å². The standard InChI is InChI=1S/C4HN5/c5-1-3-7-4(2-6)9-8-3/h3H. The molecule has 1 unspecified atom stereocenters. The van der Waals surface area contributed by atoms with Crippen molar-refractivity contribution in [2.45, 2.75) is 6.17 Å². The van der Waals surface area contributed by atoms with E-state index in [2.05, 4.69) is 15.2 Å². The molecule has 9 heavy (non-hydrogen) atoms. The van der Waals surface area contributed by atoms with Gasteiger partial charge in [-0.3, -0.25) is 0 Å². The topological polar surface area (TPSA) is 84.7 Å². The summed E-state index contributed by atoms with van der Waals surface area (Å²) < 4.78 is 0. The van der Waals surface area contributed by atoms with E-state index in [1.165, 1.54) is 0 Å². The van der Waals surface area contributed by atoms with Crippen LogP contribution < -0.4 is 0 Å². The fourth-order valence-corrected chi connectivity index (χ4v) is 0.383. The highest BCUT2D eigenvalue weighted by atomic mass is 15.3. The molecule has 0 radical (unpaired) electrons. The van der Waals surface area contributed by atoms with Crippen LogP contribution in [0.15, 0.2) is 15.2 Å². The minimum absolute atomic E-state index is 0.0263. The molecule has 0 spiro atoms. The monoisotopic (exact) mass is 119 g/mol. The molecule has 0 aromatic heterocycles. The second kappa shape index (κ2) is 2.01. The van der Waals surface area contributed by atoms with Crippen LogP contribution in [0.4, 0.5) is 0 Å². The molecule has 1 rings (SSSR count). The first-order valence-corrected chi connectivity index (χ1v) is 2.15. The van der Waals surface area contributed by atoms with Crippen molar-refractivity contribution >= 4 is 5.84 Å². The van der Waals surface area contributed by atoms with E-state index in [1.807, 2.05) is 0 Å². The largest absolute Gasteiger partial charge is 0.251 e. The van der Waals surface area contributed by atoms with E-state index < -0.39 is 6.17 Å². The molecule has 0 saturated heterocycles. The van der Waals surface area contributed by atoms with Crippen LogP contribution in [-0.2, 0) is 0 Å². The van der Waals surface area contributed by atoms with Gasteiger partial charge >= 0.3 is 0 Å². The maximum Gasteiger partial charge on any atom is 0.251 e. The van der Waals surface area contributed by atoms with E-state index in [9.17, 15) is 0 Å². The fraction of sp³-hybridized carbons (Fsp3) is 0.250. The van der Waals surface area contributed by atoms with Gasteiger partial charge in [0.05, 0.1) is 0 Å². The average molecular weight is 119 g/mol. The zero-order valence-corrected chi connectivity index (χ0v) is 4.31. The van der Waals surface area contributed by atoms with Crippen molar-refractivity contribution in [3.05, 3.63) is 0 Å². The van der Waals surface area contributed by atoms with Gasteiger partial charge in [0.25, 0.3) is 5.84 Å². The third kappa shape index (κ3) is 0.892. The molecule has 0 bridgehead atoms. The summed E-state index contributed by atoms with van der Waals surface area (Å²) in [6, 6.07) is 3.40. The van der Waals surface area contributed by atoms with Crippen molar-refractivity contribution in [1.29, 1.82) is 10.5 Å². The summed E-state index contributed by atoms with van der Waals surface area (Å²) in [6.45, 7) is 0. The molecule has 0 saturated carbocycles. The quantitative estimate of drug-likeness (QED) is 0.456. The number of nitrogens with zero attached hydrogens (tertiary/aromatic N) is 5. The zero-order valence-electron chi connectivity index (χ0n) is 4.31. The maximum absolute atomic E-state index is 8.16. The third-order valence-electron chi connectivity index (χ3n) is 0.722. The number of amidine groups is 1. The van der Waals surface area contributed by atoms with E-state index in [0.29, 0.717) is 0 Å². The summed E-state index contributed by atoms with van der Waals surface area (Å²) in [5.74, 6) is -0.0263. The van der Waals surface area contributed by atoms with Crippen LogP contribution in [0.3, 0.4) is 0 Å².